The number of carbonyl (C=O) groups is 1. The Kier molecular flexibility index (Phi) is 4.83. The maximum Gasteiger partial charge on any atom is 0.226 e. The van der Waals surface area contributed by atoms with Crippen LogP contribution in [0.4, 0.5) is 0 Å². The van der Waals surface area contributed by atoms with E-state index in [0.29, 0.717) is 13.0 Å². The molecule has 0 aliphatic heterocycles. The molecule has 1 aromatic rings. The smallest absolute Gasteiger partial charge is 0.226 e. The van der Waals surface area contributed by atoms with Crippen LogP contribution in [0.2, 0.25) is 0 Å². The van der Waals surface area contributed by atoms with E-state index in [1.807, 2.05) is 30.9 Å². The van der Waals surface area contributed by atoms with Crippen molar-refractivity contribution in [1.82, 2.24) is 4.90 Å². The van der Waals surface area contributed by atoms with E-state index < -0.39 is 0 Å². The molecule has 114 valence electrons. The number of carbonyl (C=O) groups excluding carboxylic acids is 1. The molecule has 0 fully saturated rings. The Morgan fingerprint density at radius 3 is 2.43 bits per heavy atom. The van der Waals surface area contributed by atoms with Crippen molar-refractivity contribution in [3.05, 3.63) is 35.4 Å². The van der Waals surface area contributed by atoms with Gasteiger partial charge in [0.1, 0.15) is 5.84 Å². The van der Waals surface area contributed by atoms with Crippen molar-refractivity contribution in [1.29, 1.82) is 0 Å². The van der Waals surface area contributed by atoms with Gasteiger partial charge < -0.3 is 15.8 Å². The number of oxime groups is 1. The highest BCUT2D eigenvalue weighted by molar-refractivity contribution is 5.83. The summed E-state index contributed by atoms with van der Waals surface area (Å²) >= 11 is 0. The van der Waals surface area contributed by atoms with Crippen LogP contribution in [0, 0.1) is 5.92 Å². The first-order valence-electron chi connectivity index (χ1n) is 7.36. The summed E-state index contributed by atoms with van der Waals surface area (Å²) in [7, 11) is 0. The number of hydrogen-bond acceptors (Lipinski definition) is 3. The van der Waals surface area contributed by atoms with Crippen LogP contribution in [0.25, 0.3) is 0 Å². The third-order valence-corrected chi connectivity index (χ3v) is 4.04. The molecular weight excluding hydrogens is 266 g/mol. The maximum absolute atomic E-state index is 12.7. The molecule has 0 radical (unpaired) electrons. The van der Waals surface area contributed by atoms with Crippen molar-refractivity contribution in [2.24, 2.45) is 16.8 Å². The molecule has 5 nitrogen and oxygen atoms in total. The molecule has 1 aromatic carbocycles. The molecule has 0 spiro atoms. The Morgan fingerprint density at radius 2 is 1.95 bits per heavy atom. The molecule has 1 aliphatic carbocycles. The van der Waals surface area contributed by atoms with E-state index in [4.69, 9.17) is 10.9 Å². The van der Waals surface area contributed by atoms with Crippen LogP contribution in [-0.4, -0.2) is 34.4 Å². The van der Waals surface area contributed by atoms with E-state index in [2.05, 4.69) is 17.3 Å². The second-order valence-electron chi connectivity index (χ2n) is 5.84. The van der Waals surface area contributed by atoms with Gasteiger partial charge in [0, 0.05) is 24.9 Å². The first-order valence-corrected chi connectivity index (χ1v) is 7.36. The number of nitrogens with zero attached hydrogens (tertiary/aromatic N) is 2. The molecule has 0 saturated carbocycles. The Morgan fingerprint density at radius 1 is 1.38 bits per heavy atom. The highest BCUT2D eigenvalue weighted by atomic mass is 16.4. The molecule has 0 atom stereocenters. The number of rotatable bonds is 5. The fraction of sp³-hybridized carbons (Fsp3) is 0.500. The second-order valence-corrected chi connectivity index (χ2v) is 5.84. The Labute approximate surface area is 125 Å². The monoisotopic (exact) mass is 289 g/mol. The molecule has 2 rings (SSSR count). The molecule has 0 bridgehead atoms. The Hall–Kier alpha value is -2.04. The molecule has 0 heterocycles. The molecule has 0 saturated heterocycles. The summed E-state index contributed by atoms with van der Waals surface area (Å²) in [6.07, 6.45) is 2.00. The van der Waals surface area contributed by atoms with Crippen LogP contribution >= 0.6 is 0 Å². The topological polar surface area (TPSA) is 78.9 Å². The average molecular weight is 289 g/mol. The Balaban J connectivity index is 2.03. The van der Waals surface area contributed by atoms with Gasteiger partial charge in [0.05, 0.1) is 0 Å². The van der Waals surface area contributed by atoms with Crippen LogP contribution in [-0.2, 0) is 17.6 Å². The summed E-state index contributed by atoms with van der Waals surface area (Å²) in [6.45, 7) is 4.47. The molecule has 21 heavy (non-hydrogen) atoms. The van der Waals surface area contributed by atoms with Gasteiger partial charge in [0.15, 0.2) is 0 Å². The normalized spacial score (nSPS) is 15.3. The number of hydrogen-bond donors (Lipinski definition) is 2. The van der Waals surface area contributed by atoms with Crippen molar-refractivity contribution in [2.75, 3.05) is 6.54 Å². The van der Waals surface area contributed by atoms with Crippen molar-refractivity contribution in [2.45, 2.75) is 39.2 Å². The van der Waals surface area contributed by atoms with Gasteiger partial charge in [-0.2, -0.15) is 0 Å². The average Bonchev–Trinajstić information content (AvgIpc) is 2.90. The van der Waals surface area contributed by atoms with Gasteiger partial charge in [-0.3, -0.25) is 4.79 Å². The predicted octanol–water partition coefficient (Wildman–Crippen LogP) is 1.77. The van der Waals surface area contributed by atoms with E-state index in [1.54, 1.807) is 0 Å². The predicted molar refractivity (Wildman–Crippen MR) is 82.2 cm³/mol. The van der Waals surface area contributed by atoms with E-state index in [1.165, 1.54) is 11.1 Å². The van der Waals surface area contributed by atoms with Crippen LogP contribution in [0.5, 0.6) is 0 Å². The summed E-state index contributed by atoms with van der Waals surface area (Å²) in [5.74, 6) is 0.326. The van der Waals surface area contributed by atoms with Crippen molar-refractivity contribution < 1.29 is 10.0 Å². The van der Waals surface area contributed by atoms with Gasteiger partial charge in [-0.15, -0.1) is 0 Å². The Bertz CT molecular complexity index is 515. The number of fused-ring (bicyclic) bond motifs is 1. The summed E-state index contributed by atoms with van der Waals surface area (Å²) in [6, 6.07) is 8.33. The molecule has 1 amide bonds. The zero-order valence-electron chi connectivity index (χ0n) is 12.6. The van der Waals surface area contributed by atoms with Crippen LogP contribution < -0.4 is 5.73 Å². The first-order chi connectivity index (χ1) is 10.0. The number of amidine groups is 1. The molecule has 0 unspecified atom stereocenters. The molecule has 3 N–H and O–H groups in total. The van der Waals surface area contributed by atoms with Gasteiger partial charge >= 0.3 is 0 Å². The minimum absolute atomic E-state index is 0.0112. The fourth-order valence-electron chi connectivity index (χ4n) is 2.88. The number of benzene rings is 1. The lowest BCUT2D eigenvalue weighted by Crippen LogP contribution is -2.42. The molecule has 1 aliphatic rings. The molecular formula is C16H23N3O2. The van der Waals surface area contributed by atoms with E-state index in [9.17, 15) is 4.79 Å². The minimum atomic E-state index is 0.0112. The largest absolute Gasteiger partial charge is 0.409 e. The number of nitrogens with two attached hydrogens (primary N) is 1. The first kappa shape index (κ1) is 15.4. The van der Waals surface area contributed by atoms with Crippen LogP contribution in [0.1, 0.15) is 31.4 Å². The van der Waals surface area contributed by atoms with E-state index >= 15 is 0 Å². The molecule has 5 heteroatoms. The van der Waals surface area contributed by atoms with Crippen molar-refractivity contribution >= 4 is 11.7 Å². The van der Waals surface area contributed by atoms with Gasteiger partial charge in [0.25, 0.3) is 0 Å². The quantitative estimate of drug-likeness (QED) is 0.375. The summed E-state index contributed by atoms with van der Waals surface area (Å²) < 4.78 is 0. The van der Waals surface area contributed by atoms with Crippen LogP contribution in [0.15, 0.2) is 29.4 Å². The summed E-state index contributed by atoms with van der Waals surface area (Å²) in [5, 5.41) is 11.6. The zero-order chi connectivity index (χ0) is 15.4. The van der Waals surface area contributed by atoms with Gasteiger partial charge in [-0.25, -0.2) is 0 Å². The fourth-order valence-corrected chi connectivity index (χ4v) is 2.88. The molecule has 0 aromatic heterocycles. The summed E-state index contributed by atoms with van der Waals surface area (Å²) in [5.41, 5.74) is 8.05. The standard InChI is InChI=1S/C16H23N3O2/c1-11(2)19(8-7-15(17)18-21)16(20)14-9-12-5-3-4-6-13(12)10-14/h3-6,11,14,21H,7-10H2,1-2H3,(H2,17,18). The van der Waals surface area contributed by atoms with E-state index in [0.717, 1.165) is 12.8 Å². The second kappa shape index (κ2) is 6.61. The zero-order valence-corrected chi connectivity index (χ0v) is 12.6. The van der Waals surface area contributed by atoms with Gasteiger partial charge in [-0.1, -0.05) is 29.4 Å². The lowest BCUT2D eigenvalue weighted by molar-refractivity contribution is -0.136. The lowest BCUT2D eigenvalue weighted by atomic mass is 10.0. The van der Waals surface area contributed by atoms with Gasteiger partial charge in [-0.05, 0) is 37.8 Å². The lowest BCUT2D eigenvalue weighted by Gasteiger charge is -2.29. The van der Waals surface area contributed by atoms with Crippen molar-refractivity contribution in [3.8, 4) is 0 Å². The van der Waals surface area contributed by atoms with E-state index in [-0.39, 0.29) is 23.7 Å². The number of amides is 1. The van der Waals surface area contributed by atoms with Crippen molar-refractivity contribution in [3.63, 3.8) is 0 Å². The van der Waals surface area contributed by atoms with Crippen LogP contribution in [0.3, 0.4) is 0 Å². The maximum atomic E-state index is 12.7. The third kappa shape index (κ3) is 3.54. The third-order valence-electron chi connectivity index (χ3n) is 4.04. The van der Waals surface area contributed by atoms with Gasteiger partial charge in [0.2, 0.25) is 5.91 Å². The SMILES string of the molecule is CC(C)N(CC/C(N)=N/O)C(=O)C1Cc2ccccc2C1. The highest BCUT2D eigenvalue weighted by Gasteiger charge is 2.31. The minimum Gasteiger partial charge on any atom is -0.409 e. The highest BCUT2D eigenvalue weighted by Crippen LogP contribution is 2.28. The summed E-state index contributed by atoms with van der Waals surface area (Å²) in [4.78, 5) is 14.6.